The Morgan fingerprint density at radius 1 is 1.48 bits per heavy atom. The summed E-state index contributed by atoms with van der Waals surface area (Å²) in [6.07, 6.45) is 5.13. The van der Waals surface area contributed by atoms with Crippen molar-refractivity contribution >= 4 is 0 Å². The fraction of sp³-hybridized carbons (Fsp3) is 0.875. The van der Waals surface area contributed by atoms with Gasteiger partial charge in [-0.05, 0) is 38.1 Å². The minimum Gasteiger partial charge on any atom is -0.370 e. The minimum atomic E-state index is -0.355. The first-order valence-electron chi connectivity index (χ1n) is 8.06. The van der Waals surface area contributed by atoms with Crippen LogP contribution in [0.2, 0.25) is 0 Å². The van der Waals surface area contributed by atoms with E-state index in [1.807, 2.05) is 7.05 Å². The van der Waals surface area contributed by atoms with E-state index in [-0.39, 0.29) is 5.60 Å². The van der Waals surface area contributed by atoms with Crippen molar-refractivity contribution in [2.24, 2.45) is 11.8 Å². The average molecular weight is 295 g/mol. The lowest BCUT2D eigenvalue weighted by molar-refractivity contribution is -0.0658. The zero-order valence-electron chi connectivity index (χ0n) is 14.0. The number of hydrogen-bond donors (Lipinski definition) is 1. The van der Waals surface area contributed by atoms with Crippen LogP contribution in [0.1, 0.15) is 58.2 Å². The summed E-state index contributed by atoms with van der Waals surface area (Å²) in [5.41, 5.74) is -0.355. The molecule has 1 saturated carbocycles. The van der Waals surface area contributed by atoms with Crippen LogP contribution in [0.4, 0.5) is 0 Å². The topological polar surface area (TPSA) is 60.2 Å². The molecule has 3 atom stereocenters. The quantitative estimate of drug-likeness (QED) is 0.874. The van der Waals surface area contributed by atoms with Gasteiger partial charge in [0.15, 0.2) is 0 Å². The van der Waals surface area contributed by atoms with Gasteiger partial charge in [-0.25, -0.2) is 0 Å². The SMILES string of the molecule is CNC(Cc1nc(C2(OC)CCCC(C)C2)no1)C(C)C. The van der Waals surface area contributed by atoms with Crippen LogP contribution >= 0.6 is 0 Å². The summed E-state index contributed by atoms with van der Waals surface area (Å²) >= 11 is 0. The third-order valence-electron chi connectivity index (χ3n) is 4.79. The summed E-state index contributed by atoms with van der Waals surface area (Å²) < 4.78 is 11.3. The fourth-order valence-corrected chi connectivity index (χ4v) is 3.36. The first-order chi connectivity index (χ1) is 10.0. The van der Waals surface area contributed by atoms with E-state index in [0.29, 0.717) is 23.8 Å². The summed E-state index contributed by atoms with van der Waals surface area (Å²) in [4.78, 5) is 4.64. The normalized spacial score (nSPS) is 28.0. The zero-order valence-corrected chi connectivity index (χ0v) is 14.0. The van der Waals surface area contributed by atoms with Crippen molar-refractivity contribution < 1.29 is 9.26 Å². The molecule has 0 aliphatic heterocycles. The van der Waals surface area contributed by atoms with Crippen LogP contribution in [-0.2, 0) is 16.8 Å². The highest BCUT2D eigenvalue weighted by Crippen LogP contribution is 2.41. The molecule has 0 bridgehead atoms. The van der Waals surface area contributed by atoms with Crippen LogP contribution in [0.25, 0.3) is 0 Å². The Bertz CT molecular complexity index is 446. The van der Waals surface area contributed by atoms with Gasteiger partial charge in [-0.3, -0.25) is 0 Å². The third-order valence-corrected chi connectivity index (χ3v) is 4.79. The maximum Gasteiger partial charge on any atom is 0.228 e. The molecule has 0 aromatic carbocycles. The molecule has 0 saturated heterocycles. The number of methoxy groups -OCH3 is 1. The lowest BCUT2D eigenvalue weighted by atomic mass is 9.78. The van der Waals surface area contributed by atoms with Crippen molar-refractivity contribution in [3.63, 3.8) is 0 Å². The average Bonchev–Trinajstić information content (AvgIpc) is 2.93. The molecule has 2 rings (SSSR count). The van der Waals surface area contributed by atoms with Crippen LogP contribution in [0.5, 0.6) is 0 Å². The Balaban J connectivity index is 2.14. The Hall–Kier alpha value is -0.940. The maximum atomic E-state index is 5.83. The van der Waals surface area contributed by atoms with Crippen LogP contribution in [0.3, 0.4) is 0 Å². The molecular weight excluding hydrogens is 266 g/mol. The number of hydrogen-bond acceptors (Lipinski definition) is 5. The summed E-state index contributed by atoms with van der Waals surface area (Å²) in [5, 5.41) is 7.54. The van der Waals surface area contributed by atoms with Gasteiger partial charge < -0.3 is 14.6 Å². The second-order valence-electron chi connectivity index (χ2n) is 6.75. The standard InChI is InChI=1S/C16H29N3O2/c1-11(2)13(17-4)9-14-18-15(19-21-14)16(20-5)8-6-7-12(3)10-16/h11-13,17H,6-10H2,1-5H3. The predicted molar refractivity (Wildman–Crippen MR) is 82.0 cm³/mol. The molecule has 1 aromatic rings. The van der Waals surface area contributed by atoms with Gasteiger partial charge in [0.2, 0.25) is 11.7 Å². The smallest absolute Gasteiger partial charge is 0.228 e. The van der Waals surface area contributed by atoms with Gasteiger partial charge >= 0.3 is 0 Å². The van der Waals surface area contributed by atoms with Crippen molar-refractivity contribution in [2.45, 2.75) is 64.5 Å². The van der Waals surface area contributed by atoms with E-state index in [4.69, 9.17) is 9.26 Å². The number of aromatic nitrogens is 2. The van der Waals surface area contributed by atoms with Gasteiger partial charge in [0.1, 0.15) is 5.60 Å². The molecule has 21 heavy (non-hydrogen) atoms. The third kappa shape index (κ3) is 3.64. The van der Waals surface area contributed by atoms with E-state index < -0.39 is 0 Å². The van der Waals surface area contributed by atoms with Crippen molar-refractivity contribution in [1.29, 1.82) is 0 Å². The summed E-state index contributed by atoms with van der Waals surface area (Å²) in [5.74, 6) is 2.59. The second-order valence-corrected chi connectivity index (χ2v) is 6.75. The first-order valence-corrected chi connectivity index (χ1v) is 8.06. The number of nitrogens with one attached hydrogen (secondary N) is 1. The van der Waals surface area contributed by atoms with Crippen molar-refractivity contribution in [2.75, 3.05) is 14.2 Å². The predicted octanol–water partition coefficient (Wildman–Crippen LogP) is 2.91. The molecule has 0 radical (unpaired) electrons. The van der Waals surface area contributed by atoms with E-state index >= 15 is 0 Å². The van der Waals surface area contributed by atoms with E-state index in [1.165, 1.54) is 6.42 Å². The molecular formula is C16H29N3O2. The van der Waals surface area contributed by atoms with Crippen molar-refractivity contribution in [3.8, 4) is 0 Å². The molecule has 120 valence electrons. The molecule has 5 heteroatoms. The molecule has 1 aromatic heterocycles. The maximum absolute atomic E-state index is 5.83. The van der Waals surface area contributed by atoms with Crippen molar-refractivity contribution in [3.05, 3.63) is 11.7 Å². The van der Waals surface area contributed by atoms with Gasteiger partial charge in [0.25, 0.3) is 0 Å². The monoisotopic (exact) mass is 295 g/mol. The molecule has 0 spiro atoms. The van der Waals surface area contributed by atoms with Gasteiger partial charge in [0, 0.05) is 19.6 Å². The lowest BCUT2D eigenvalue weighted by Gasteiger charge is -2.36. The van der Waals surface area contributed by atoms with E-state index in [1.54, 1.807) is 7.11 Å². The van der Waals surface area contributed by atoms with Crippen LogP contribution < -0.4 is 5.32 Å². The minimum absolute atomic E-state index is 0.349. The highest BCUT2D eigenvalue weighted by Gasteiger charge is 2.41. The number of ether oxygens (including phenoxy) is 1. The van der Waals surface area contributed by atoms with Crippen molar-refractivity contribution in [1.82, 2.24) is 15.5 Å². The number of rotatable bonds is 6. The highest BCUT2D eigenvalue weighted by molar-refractivity contribution is 5.05. The number of nitrogens with zero attached hydrogens (tertiary/aromatic N) is 2. The lowest BCUT2D eigenvalue weighted by Crippen LogP contribution is -2.35. The van der Waals surface area contributed by atoms with Gasteiger partial charge in [0.05, 0.1) is 0 Å². The largest absolute Gasteiger partial charge is 0.370 e. The summed E-state index contributed by atoms with van der Waals surface area (Å²) in [7, 11) is 3.74. The molecule has 5 nitrogen and oxygen atoms in total. The van der Waals surface area contributed by atoms with Gasteiger partial charge in [-0.15, -0.1) is 0 Å². The van der Waals surface area contributed by atoms with E-state index in [2.05, 4.69) is 36.2 Å². The molecule has 1 N–H and O–H groups in total. The van der Waals surface area contributed by atoms with Gasteiger partial charge in [-0.1, -0.05) is 32.3 Å². The Kier molecular flexibility index (Phi) is 5.38. The summed E-state index contributed by atoms with van der Waals surface area (Å²) in [6.45, 7) is 6.65. The Morgan fingerprint density at radius 2 is 2.24 bits per heavy atom. The zero-order chi connectivity index (χ0) is 15.5. The molecule has 1 aliphatic carbocycles. The second kappa shape index (κ2) is 6.88. The highest BCUT2D eigenvalue weighted by atomic mass is 16.5. The fourth-order valence-electron chi connectivity index (χ4n) is 3.36. The van der Waals surface area contributed by atoms with Crippen LogP contribution in [-0.4, -0.2) is 30.3 Å². The molecule has 3 unspecified atom stereocenters. The Labute approximate surface area is 127 Å². The molecule has 1 aliphatic rings. The first kappa shape index (κ1) is 16.4. The molecule has 1 fully saturated rings. The van der Waals surface area contributed by atoms with E-state index in [9.17, 15) is 0 Å². The van der Waals surface area contributed by atoms with Crippen LogP contribution in [0, 0.1) is 11.8 Å². The summed E-state index contributed by atoms with van der Waals surface area (Å²) in [6, 6.07) is 0.349. The Morgan fingerprint density at radius 3 is 2.81 bits per heavy atom. The van der Waals surface area contributed by atoms with Crippen LogP contribution in [0.15, 0.2) is 4.52 Å². The number of likely N-dealkylation sites (N-methyl/N-ethyl adjacent to an activating group) is 1. The molecule has 0 amide bonds. The van der Waals surface area contributed by atoms with E-state index in [0.717, 1.165) is 31.5 Å². The molecule has 1 heterocycles. The van der Waals surface area contributed by atoms with Gasteiger partial charge in [-0.2, -0.15) is 4.98 Å².